The number of nitrogens with zero attached hydrogens (tertiary/aromatic N) is 1. The number of piperidine rings is 1. The molecule has 0 aromatic carbocycles. The van der Waals surface area contributed by atoms with E-state index in [9.17, 15) is 0 Å². The fourth-order valence-corrected chi connectivity index (χ4v) is 2.90. The first-order valence-corrected chi connectivity index (χ1v) is 6.36. The summed E-state index contributed by atoms with van der Waals surface area (Å²) < 4.78 is 0. The Hall–Kier alpha value is -0.120. The molecule has 0 amide bonds. The van der Waals surface area contributed by atoms with E-state index in [0.29, 0.717) is 12.5 Å². The Balaban J connectivity index is 1.70. The fraction of sp³-hybridized carbons (Fsp3) is 1.00. The number of aliphatic hydroxyl groups excluding tert-OH is 1. The van der Waals surface area contributed by atoms with Crippen molar-refractivity contribution in [2.45, 2.75) is 32.2 Å². The van der Waals surface area contributed by atoms with Crippen molar-refractivity contribution in [1.82, 2.24) is 10.2 Å². The minimum atomic E-state index is 0.324. The van der Waals surface area contributed by atoms with Crippen LogP contribution in [0.4, 0.5) is 0 Å². The van der Waals surface area contributed by atoms with Crippen LogP contribution in [-0.2, 0) is 0 Å². The maximum Gasteiger partial charge on any atom is 0.0434 e. The van der Waals surface area contributed by atoms with Gasteiger partial charge < -0.3 is 15.3 Å². The van der Waals surface area contributed by atoms with Crippen molar-refractivity contribution in [3.63, 3.8) is 0 Å². The molecule has 88 valence electrons. The summed E-state index contributed by atoms with van der Waals surface area (Å²) in [4.78, 5) is 2.58. The molecule has 3 nitrogen and oxygen atoms in total. The molecule has 2 N–H and O–H groups in total. The number of nitrogens with one attached hydrogen (secondary N) is 1. The maximum absolute atomic E-state index is 8.84. The Morgan fingerprint density at radius 3 is 3.00 bits per heavy atom. The molecule has 3 heteroatoms. The van der Waals surface area contributed by atoms with Gasteiger partial charge in [0.2, 0.25) is 0 Å². The topological polar surface area (TPSA) is 35.5 Å². The van der Waals surface area contributed by atoms with Crippen molar-refractivity contribution < 1.29 is 5.11 Å². The summed E-state index contributed by atoms with van der Waals surface area (Å²) in [5, 5.41) is 12.5. The second-order valence-corrected chi connectivity index (χ2v) is 5.27. The van der Waals surface area contributed by atoms with Gasteiger partial charge in [-0.3, -0.25) is 0 Å². The van der Waals surface area contributed by atoms with Gasteiger partial charge in [-0.1, -0.05) is 6.92 Å². The van der Waals surface area contributed by atoms with Crippen molar-refractivity contribution >= 4 is 0 Å². The fourth-order valence-electron chi connectivity index (χ4n) is 2.90. The van der Waals surface area contributed by atoms with Crippen molar-refractivity contribution in [2.75, 3.05) is 32.8 Å². The van der Waals surface area contributed by atoms with Gasteiger partial charge in [-0.2, -0.15) is 0 Å². The zero-order valence-corrected chi connectivity index (χ0v) is 9.78. The summed E-state index contributed by atoms with van der Waals surface area (Å²) in [6, 6.07) is 0.741. The molecular formula is C12H24N2O. The molecule has 0 radical (unpaired) electrons. The number of hydrogen-bond acceptors (Lipinski definition) is 3. The third kappa shape index (κ3) is 2.92. The predicted octanol–water partition coefficient (Wildman–Crippen LogP) is 0.689. The smallest absolute Gasteiger partial charge is 0.0434 e. The van der Waals surface area contributed by atoms with Crippen molar-refractivity contribution in [2.24, 2.45) is 11.8 Å². The minimum absolute atomic E-state index is 0.324. The zero-order chi connectivity index (χ0) is 10.7. The van der Waals surface area contributed by atoms with Crippen LogP contribution < -0.4 is 5.32 Å². The van der Waals surface area contributed by atoms with Gasteiger partial charge in [0.15, 0.2) is 0 Å². The third-order valence-corrected chi connectivity index (χ3v) is 3.98. The number of aliphatic hydroxyl groups is 1. The lowest BCUT2D eigenvalue weighted by atomic mass is 9.93. The molecule has 0 aromatic heterocycles. The van der Waals surface area contributed by atoms with Gasteiger partial charge in [-0.05, 0) is 50.7 Å². The maximum atomic E-state index is 8.84. The van der Waals surface area contributed by atoms with Crippen LogP contribution in [0.3, 0.4) is 0 Å². The highest BCUT2D eigenvalue weighted by molar-refractivity contribution is 4.90. The van der Waals surface area contributed by atoms with Crippen LogP contribution in [0, 0.1) is 11.8 Å². The molecule has 0 spiro atoms. The van der Waals surface area contributed by atoms with E-state index in [0.717, 1.165) is 24.9 Å². The molecule has 2 bridgehead atoms. The summed E-state index contributed by atoms with van der Waals surface area (Å²) in [6.45, 7) is 7.52. The summed E-state index contributed by atoms with van der Waals surface area (Å²) in [7, 11) is 0. The van der Waals surface area contributed by atoms with Crippen LogP contribution in [0.5, 0.6) is 0 Å². The monoisotopic (exact) mass is 212 g/mol. The van der Waals surface area contributed by atoms with Crippen LogP contribution in [0.1, 0.15) is 26.2 Å². The highest BCUT2D eigenvalue weighted by atomic mass is 16.3. The lowest BCUT2D eigenvalue weighted by Gasteiger charge is -2.31. The highest BCUT2D eigenvalue weighted by Crippen LogP contribution is 2.27. The van der Waals surface area contributed by atoms with E-state index in [4.69, 9.17) is 5.11 Å². The van der Waals surface area contributed by atoms with Gasteiger partial charge in [-0.15, -0.1) is 0 Å². The minimum Gasteiger partial charge on any atom is -0.396 e. The predicted molar refractivity (Wildman–Crippen MR) is 61.8 cm³/mol. The van der Waals surface area contributed by atoms with E-state index in [-0.39, 0.29) is 0 Å². The first kappa shape index (κ1) is 11.4. The van der Waals surface area contributed by atoms with E-state index in [1.165, 1.54) is 32.5 Å². The molecule has 2 aliphatic heterocycles. The van der Waals surface area contributed by atoms with Crippen LogP contribution in [0.15, 0.2) is 0 Å². The first-order chi connectivity index (χ1) is 7.29. The summed E-state index contributed by atoms with van der Waals surface area (Å²) in [6.07, 6.45) is 3.62. The molecule has 0 aliphatic carbocycles. The van der Waals surface area contributed by atoms with Gasteiger partial charge in [0.05, 0.1) is 0 Å². The average molecular weight is 212 g/mol. The molecule has 15 heavy (non-hydrogen) atoms. The summed E-state index contributed by atoms with van der Waals surface area (Å²) in [5.74, 6) is 1.49. The van der Waals surface area contributed by atoms with Gasteiger partial charge >= 0.3 is 0 Å². The Kier molecular flexibility index (Phi) is 4.00. The largest absolute Gasteiger partial charge is 0.396 e. The van der Waals surface area contributed by atoms with E-state index >= 15 is 0 Å². The first-order valence-electron chi connectivity index (χ1n) is 6.36. The quantitative estimate of drug-likeness (QED) is 0.704. The lowest BCUT2D eigenvalue weighted by Crippen LogP contribution is -2.45. The van der Waals surface area contributed by atoms with Crippen LogP contribution in [0.25, 0.3) is 0 Å². The van der Waals surface area contributed by atoms with Gasteiger partial charge in [-0.25, -0.2) is 0 Å². The zero-order valence-electron chi connectivity index (χ0n) is 9.78. The summed E-state index contributed by atoms with van der Waals surface area (Å²) >= 11 is 0. The molecule has 4 atom stereocenters. The Morgan fingerprint density at radius 2 is 2.20 bits per heavy atom. The Bertz CT molecular complexity index is 198. The molecule has 2 saturated heterocycles. The van der Waals surface area contributed by atoms with Crippen LogP contribution >= 0.6 is 0 Å². The van der Waals surface area contributed by atoms with Gasteiger partial charge in [0.25, 0.3) is 0 Å². The average Bonchev–Trinajstić information content (AvgIpc) is 2.61. The van der Waals surface area contributed by atoms with E-state index in [2.05, 4.69) is 17.1 Å². The molecule has 0 saturated carbocycles. The molecule has 0 aromatic rings. The highest BCUT2D eigenvalue weighted by Gasteiger charge is 2.33. The molecule has 2 fully saturated rings. The third-order valence-electron chi connectivity index (χ3n) is 3.98. The summed E-state index contributed by atoms with van der Waals surface area (Å²) in [5.41, 5.74) is 0. The molecule has 2 rings (SSSR count). The van der Waals surface area contributed by atoms with Crippen LogP contribution in [-0.4, -0.2) is 48.8 Å². The van der Waals surface area contributed by atoms with E-state index < -0.39 is 0 Å². The Labute approximate surface area is 92.8 Å². The van der Waals surface area contributed by atoms with Gasteiger partial charge in [0.1, 0.15) is 0 Å². The molecule has 2 aliphatic rings. The number of rotatable bonds is 5. The molecule has 4 unspecified atom stereocenters. The van der Waals surface area contributed by atoms with Crippen molar-refractivity contribution in [3.05, 3.63) is 0 Å². The van der Waals surface area contributed by atoms with Crippen molar-refractivity contribution in [3.8, 4) is 0 Å². The number of hydrogen-bond donors (Lipinski definition) is 2. The second-order valence-electron chi connectivity index (χ2n) is 5.27. The molecule has 2 heterocycles. The van der Waals surface area contributed by atoms with E-state index in [1.807, 2.05) is 0 Å². The standard InChI is InChI=1S/C12H24N2O/c1-10(4-7-15)8-13-12-3-6-14-5-2-11(12)9-14/h10-13,15H,2-9H2,1H3. The molecular weight excluding hydrogens is 188 g/mol. The normalized spacial score (nSPS) is 36.8. The van der Waals surface area contributed by atoms with Crippen LogP contribution in [0.2, 0.25) is 0 Å². The Morgan fingerprint density at radius 1 is 1.40 bits per heavy atom. The van der Waals surface area contributed by atoms with E-state index in [1.54, 1.807) is 0 Å². The lowest BCUT2D eigenvalue weighted by molar-refractivity contribution is 0.209. The second kappa shape index (κ2) is 5.28. The van der Waals surface area contributed by atoms with Gasteiger partial charge in [0, 0.05) is 19.2 Å². The number of fused-ring (bicyclic) bond motifs is 2. The SMILES string of the molecule is CC(CCO)CNC1CCN2CCC1C2. The van der Waals surface area contributed by atoms with Crippen molar-refractivity contribution in [1.29, 1.82) is 0 Å².